The molecular weight excluding hydrogens is 528 g/mol. The lowest BCUT2D eigenvalue weighted by Gasteiger charge is -2.40. The number of carbonyl (C=O) groups is 1. The van der Waals surface area contributed by atoms with Crippen molar-refractivity contribution in [3.8, 4) is 11.9 Å². The minimum absolute atomic E-state index is 0.0668. The van der Waals surface area contributed by atoms with E-state index in [0.717, 1.165) is 67.0 Å². The van der Waals surface area contributed by atoms with Crippen LogP contribution < -0.4 is 20.3 Å². The lowest BCUT2D eigenvalue weighted by Crippen LogP contribution is -2.49. The predicted molar refractivity (Wildman–Crippen MR) is 165 cm³/mol. The molecule has 3 aliphatic heterocycles. The molecule has 1 atom stereocenters. The Morgan fingerprint density at radius 1 is 1.17 bits per heavy atom. The number of anilines is 3. The van der Waals surface area contributed by atoms with Gasteiger partial charge in [0.2, 0.25) is 11.8 Å². The molecule has 2 saturated heterocycles. The number of nitrogen functional groups attached to an aromatic ring is 1. The summed E-state index contributed by atoms with van der Waals surface area (Å²) in [6.45, 7) is 8.83. The number of nitrogens with zero attached hydrogens (tertiary/aromatic N) is 6. The van der Waals surface area contributed by atoms with E-state index in [0.29, 0.717) is 74.8 Å². The number of nitrogens with two attached hydrogens (primary N) is 1. The van der Waals surface area contributed by atoms with Crippen LogP contribution in [0.2, 0.25) is 0 Å². The van der Waals surface area contributed by atoms with E-state index in [1.807, 2.05) is 6.07 Å². The molecule has 10 nitrogen and oxygen atoms in total. The van der Waals surface area contributed by atoms with Crippen LogP contribution in [0.5, 0.6) is 5.88 Å². The number of rotatable bonds is 8. The highest BCUT2D eigenvalue weighted by Crippen LogP contribution is 2.47. The average Bonchev–Trinajstić information content (AvgIpc) is 3.78. The van der Waals surface area contributed by atoms with Crippen LogP contribution in [0.3, 0.4) is 0 Å². The monoisotopic (exact) mass is 568 g/mol. The molecule has 0 radical (unpaired) electrons. The number of ether oxygens (including phenoxy) is 1. The normalized spacial score (nSPS) is 20.7. The summed E-state index contributed by atoms with van der Waals surface area (Å²) in [6.07, 6.45) is 7.96. The Kier molecular flexibility index (Phi) is 7.78. The van der Waals surface area contributed by atoms with Crippen molar-refractivity contribution in [2.24, 2.45) is 0 Å². The first kappa shape index (κ1) is 28.0. The van der Waals surface area contributed by atoms with Gasteiger partial charge in [-0.2, -0.15) is 5.26 Å². The van der Waals surface area contributed by atoms with Crippen LogP contribution in [0.25, 0.3) is 0 Å². The fourth-order valence-corrected chi connectivity index (χ4v) is 6.79. The Bertz CT molecular complexity index is 1440. The summed E-state index contributed by atoms with van der Waals surface area (Å²) in [6, 6.07) is 6.79. The number of likely N-dealkylation sites (N-methyl/N-ethyl adjacent to an activating group) is 1. The van der Waals surface area contributed by atoms with Gasteiger partial charge >= 0.3 is 0 Å². The number of amides is 1. The van der Waals surface area contributed by atoms with Crippen molar-refractivity contribution in [3.05, 3.63) is 52.7 Å². The Morgan fingerprint density at radius 3 is 2.60 bits per heavy atom. The van der Waals surface area contributed by atoms with Crippen molar-refractivity contribution < 1.29 is 9.53 Å². The highest BCUT2D eigenvalue weighted by molar-refractivity contribution is 5.95. The predicted octanol–water partition coefficient (Wildman–Crippen LogP) is 3.28. The van der Waals surface area contributed by atoms with Crippen LogP contribution in [0.1, 0.15) is 59.5 Å². The van der Waals surface area contributed by atoms with Gasteiger partial charge in [-0.25, -0.2) is 4.98 Å². The number of nitrogens with one attached hydrogen (secondary N) is 1. The molecule has 4 heterocycles. The molecule has 220 valence electrons. The van der Waals surface area contributed by atoms with Gasteiger partial charge in [-0.05, 0) is 69.3 Å². The minimum atomic E-state index is -0.0668. The molecule has 3 N–H and O–H groups in total. The summed E-state index contributed by atoms with van der Waals surface area (Å²) in [5, 5.41) is 18.6. The summed E-state index contributed by atoms with van der Waals surface area (Å²) < 4.78 is 6.38. The molecule has 1 aliphatic carbocycles. The van der Waals surface area contributed by atoms with Gasteiger partial charge < -0.3 is 35.5 Å². The number of carbonyl (C=O) groups excluding carboxylic acids is 1. The molecule has 1 saturated carbocycles. The second-order valence-electron chi connectivity index (χ2n) is 11.9. The lowest BCUT2D eigenvalue weighted by atomic mass is 9.95. The van der Waals surface area contributed by atoms with Crippen LogP contribution in [-0.4, -0.2) is 85.9 Å². The molecule has 0 bridgehead atoms. The van der Waals surface area contributed by atoms with Gasteiger partial charge in [0.15, 0.2) is 0 Å². The minimum Gasteiger partial charge on any atom is -0.475 e. The Hall–Kier alpha value is -4.10. The highest BCUT2D eigenvalue weighted by Gasteiger charge is 2.35. The first-order chi connectivity index (χ1) is 20.4. The zero-order chi connectivity index (χ0) is 29.4. The number of likely N-dealkylation sites (tertiary alicyclic amines) is 1. The number of hydrogen-bond acceptors (Lipinski definition) is 9. The van der Waals surface area contributed by atoms with Crippen molar-refractivity contribution in [1.82, 2.24) is 14.8 Å². The second-order valence-corrected chi connectivity index (χ2v) is 11.9. The van der Waals surface area contributed by atoms with E-state index in [4.69, 9.17) is 20.9 Å². The van der Waals surface area contributed by atoms with Gasteiger partial charge in [-0.1, -0.05) is 12.6 Å². The number of piperazine rings is 1. The van der Waals surface area contributed by atoms with E-state index >= 15 is 0 Å². The maximum atomic E-state index is 12.3. The lowest BCUT2D eigenvalue weighted by molar-refractivity contribution is -0.126. The molecule has 4 aliphatic rings. The smallest absolute Gasteiger partial charge is 0.246 e. The summed E-state index contributed by atoms with van der Waals surface area (Å²) in [7, 11) is 2.11. The second kappa shape index (κ2) is 11.6. The van der Waals surface area contributed by atoms with Crippen LogP contribution in [0.15, 0.2) is 24.8 Å². The van der Waals surface area contributed by atoms with E-state index in [-0.39, 0.29) is 5.91 Å². The van der Waals surface area contributed by atoms with Crippen molar-refractivity contribution in [2.45, 2.75) is 50.6 Å². The molecule has 6 rings (SSSR count). The van der Waals surface area contributed by atoms with Crippen LogP contribution in [-0.2, 0) is 17.8 Å². The molecule has 2 aromatic rings. The molecule has 1 amide bonds. The maximum absolute atomic E-state index is 12.3. The largest absolute Gasteiger partial charge is 0.475 e. The summed E-state index contributed by atoms with van der Waals surface area (Å²) in [4.78, 5) is 25.9. The molecule has 1 aromatic heterocycles. The quantitative estimate of drug-likeness (QED) is 0.282. The van der Waals surface area contributed by atoms with Gasteiger partial charge in [0.05, 0.1) is 23.6 Å². The molecule has 3 fully saturated rings. The third kappa shape index (κ3) is 5.18. The molecule has 10 heteroatoms. The summed E-state index contributed by atoms with van der Waals surface area (Å²) in [5.41, 5.74) is 13.4. The Labute approximate surface area is 247 Å². The maximum Gasteiger partial charge on any atom is 0.246 e. The number of benzene rings is 1. The average molecular weight is 569 g/mol. The van der Waals surface area contributed by atoms with Crippen LogP contribution in [0, 0.1) is 16.7 Å². The standard InChI is InChI=1S/C32H40N8O2/c1-3-29(41)38-13-15-39(16-14-38)31-24-10-12-40(30-23(21-6-7-21)8-9-27(35)25(30)17-33)19-28(24)36-32(26(31)18-34)42-20-22-5-4-11-37(22)2/h3,8-9,17,21-22,33H,1,4-7,10-16,19-20,35H2,2H3/t22-/m0/s1. The fraction of sp³-hybridized carbons (Fsp3) is 0.500. The Balaban J connectivity index is 1.38. The summed E-state index contributed by atoms with van der Waals surface area (Å²) >= 11 is 0. The van der Waals surface area contributed by atoms with Crippen molar-refractivity contribution in [2.75, 3.05) is 68.5 Å². The molecule has 1 aromatic carbocycles. The van der Waals surface area contributed by atoms with Crippen molar-refractivity contribution in [3.63, 3.8) is 0 Å². The van der Waals surface area contributed by atoms with Crippen molar-refractivity contribution >= 4 is 29.2 Å². The SMILES string of the molecule is C=CC(=O)N1CCN(c2c(C#N)c(OC[C@@H]3CCCN3C)nc3c2CCN(c2c(C4CC4)ccc(N)c2C=N)C3)CC1. The van der Waals surface area contributed by atoms with E-state index in [1.54, 1.807) is 4.90 Å². The van der Waals surface area contributed by atoms with E-state index in [9.17, 15) is 10.1 Å². The van der Waals surface area contributed by atoms with E-state index in [1.165, 1.54) is 17.9 Å². The van der Waals surface area contributed by atoms with Gasteiger partial charge in [-0.15, -0.1) is 0 Å². The number of fused-ring (bicyclic) bond motifs is 1. The Morgan fingerprint density at radius 2 is 1.95 bits per heavy atom. The summed E-state index contributed by atoms with van der Waals surface area (Å²) in [5.74, 6) is 0.824. The highest BCUT2D eigenvalue weighted by atomic mass is 16.5. The third-order valence-corrected chi connectivity index (χ3v) is 9.33. The van der Waals surface area contributed by atoms with E-state index in [2.05, 4.69) is 40.5 Å². The molecule has 0 unspecified atom stereocenters. The zero-order valence-electron chi connectivity index (χ0n) is 24.4. The number of nitriles is 1. The van der Waals surface area contributed by atoms with Crippen LogP contribution in [0.4, 0.5) is 17.1 Å². The third-order valence-electron chi connectivity index (χ3n) is 9.33. The van der Waals surface area contributed by atoms with Gasteiger partial charge in [0.1, 0.15) is 18.2 Å². The topological polar surface area (TPSA) is 126 Å². The van der Waals surface area contributed by atoms with Gasteiger partial charge in [0, 0.05) is 61.8 Å². The number of hydrogen-bond donors (Lipinski definition) is 2. The van der Waals surface area contributed by atoms with Gasteiger partial charge in [-0.3, -0.25) is 4.79 Å². The van der Waals surface area contributed by atoms with Crippen molar-refractivity contribution in [1.29, 1.82) is 10.7 Å². The molecular formula is C32H40N8O2. The molecule has 0 spiro atoms. The van der Waals surface area contributed by atoms with Gasteiger partial charge in [0.25, 0.3) is 0 Å². The number of aromatic nitrogens is 1. The van der Waals surface area contributed by atoms with Crippen LogP contribution >= 0.6 is 0 Å². The van der Waals surface area contributed by atoms with E-state index < -0.39 is 0 Å². The zero-order valence-corrected chi connectivity index (χ0v) is 24.4. The fourth-order valence-electron chi connectivity index (χ4n) is 6.79. The number of pyridine rings is 1. The molecule has 42 heavy (non-hydrogen) atoms. The first-order valence-corrected chi connectivity index (χ1v) is 15.1. The first-order valence-electron chi connectivity index (χ1n) is 15.1.